The van der Waals surface area contributed by atoms with Gasteiger partial charge in [-0.15, -0.1) is 0 Å². The molecule has 120 valence electrons. The van der Waals surface area contributed by atoms with E-state index in [-0.39, 0.29) is 5.91 Å². The predicted octanol–water partition coefficient (Wildman–Crippen LogP) is 2.72. The Morgan fingerprint density at radius 2 is 2.00 bits per heavy atom. The third-order valence-electron chi connectivity index (χ3n) is 3.77. The highest BCUT2D eigenvalue weighted by atomic mass is 16.2. The van der Waals surface area contributed by atoms with Crippen LogP contribution in [0.3, 0.4) is 0 Å². The van der Waals surface area contributed by atoms with Crippen LogP contribution >= 0.6 is 0 Å². The second-order valence-corrected chi connectivity index (χ2v) is 5.98. The quantitative estimate of drug-likeness (QED) is 0.772. The van der Waals surface area contributed by atoms with Crippen molar-refractivity contribution in [1.29, 1.82) is 0 Å². The minimum atomic E-state index is -0.106. The van der Waals surface area contributed by atoms with E-state index in [0.29, 0.717) is 17.7 Å². The van der Waals surface area contributed by atoms with Gasteiger partial charge in [0.25, 0.3) is 5.91 Å². The molecule has 23 heavy (non-hydrogen) atoms. The number of nitrogens with one attached hydrogen (secondary N) is 2. The number of hydrogen-bond acceptors (Lipinski definition) is 4. The van der Waals surface area contributed by atoms with Gasteiger partial charge in [-0.1, -0.05) is 30.3 Å². The molecule has 0 bridgehead atoms. The summed E-state index contributed by atoms with van der Waals surface area (Å²) in [7, 11) is 0. The molecule has 2 aromatic rings. The zero-order valence-corrected chi connectivity index (χ0v) is 13.4. The number of hydrogen-bond donors (Lipinski definition) is 2. The SMILES string of the molecule is Cc1cc(C(=O)NC2CC2)nc(NCCCc2ccccc2)n1. The number of aryl methyl sites for hydroxylation is 2. The van der Waals surface area contributed by atoms with Gasteiger partial charge in [0.05, 0.1) is 0 Å². The van der Waals surface area contributed by atoms with Gasteiger partial charge >= 0.3 is 0 Å². The van der Waals surface area contributed by atoms with E-state index >= 15 is 0 Å². The van der Waals surface area contributed by atoms with Gasteiger partial charge in [-0.3, -0.25) is 4.79 Å². The number of benzene rings is 1. The summed E-state index contributed by atoms with van der Waals surface area (Å²) in [5, 5.41) is 6.17. The van der Waals surface area contributed by atoms with E-state index in [4.69, 9.17) is 0 Å². The van der Waals surface area contributed by atoms with Crippen LogP contribution in [0.2, 0.25) is 0 Å². The largest absolute Gasteiger partial charge is 0.354 e. The molecule has 5 nitrogen and oxygen atoms in total. The summed E-state index contributed by atoms with van der Waals surface area (Å²) in [6, 6.07) is 12.4. The first-order chi connectivity index (χ1) is 11.2. The van der Waals surface area contributed by atoms with Crippen LogP contribution in [-0.2, 0) is 6.42 Å². The van der Waals surface area contributed by atoms with E-state index < -0.39 is 0 Å². The molecule has 1 aliphatic rings. The minimum Gasteiger partial charge on any atom is -0.354 e. The van der Waals surface area contributed by atoms with Crippen LogP contribution in [0.5, 0.6) is 0 Å². The smallest absolute Gasteiger partial charge is 0.270 e. The third kappa shape index (κ3) is 4.77. The molecule has 0 atom stereocenters. The molecule has 0 unspecified atom stereocenters. The van der Waals surface area contributed by atoms with Crippen molar-refractivity contribution < 1.29 is 4.79 Å². The Kier molecular flexibility index (Phi) is 4.86. The predicted molar refractivity (Wildman–Crippen MR) is 90.5 cm³/mol. The summed E-state index contributed by atoms with van der Waals surface area (Å²) < 4.78 is 0. The van der Waals surface area contributed by atoms with Crippen molar-refractivity contribution in [2.45, 2.75) is 38.6 Å². The standard InChI is InChI=1S/C18H22N4O/c1-13-12-16(17(23)21-15-9-10-15)22-18(20-13)19-11-5-8-14-6-3-2-4-7-14/h2-4,6-7,12,15H,5,8-11H2,1H3,(H,21,23)(H,19,20,22). The molecule has 2 N–H and O–H groups in total. The Morgan fingerprint density at radius 1 is 1.22 bits per heavy atom. The van der Waals surface area contributed by atoms with E-state index in [9.17, 15) is 4.79 Å². The molecule has 0 saturated heterocycles. The monoisotopic (exact) mass is 310 g/mol. The lowest BCUT2D eigenvalue weighted by atomic mass is 10.1. The van der Waals surface area contributed by atoms with Crippen molar-refractivity contribution in [1.82, 2.24) is 15.3 Å². The Balaban J connectivity index is 1.52. The van der Waals surface area contributed by atoms with Crippen LogP contribution in [0.1, 0.15) is 41.0 Å². The number of anilines is 1. The fraction of sp³-hybridized carbons (Fsp3) is 0.389. The van der Waals surface area contributed by atoms with E-state index in [1.165, 1.54) is 5.56 Å². The Morgan fingerprint density at radius 3 is 2.74 bits per heavy atom. The highest BCUT2D eigenvalue weighted by Crippen LogP contribution is 2.19. The minimum absolute atomic E-state index is 0.106. The van der Waals surface area contributed by atoms with Crippen LogP contribution in [0, 0.1) is 6.92 Å². The first-order valence-electron chi connectivity index (χ1n) is 8.15. The fourth-order valence-electron chi connectivity index (χ4n) is 2.39. The first-order valence-corrected chi connectivity index (χ1v) is 8.15. The maximum atomic E-state index is 12.1. The molecule has 1 fully saturated rings. The van der Waals surface area contributed by atoms with Crippen molar-refractivity contribution in [2.24, 2.45) is 0 Å². The molecular weight excluding hydrogens is 288 g/mol. The summed E-state index contributed by atoms with van der Waals surface area (Å²) in [4.78, 5) is 20.8. The lowest BCUT2D eigenvalue weighted by Crippen LogP contribution is -2.27. The Hall–Kier alpha value is -2.43. The highest BCUT2D eigenvalue weighted by molar-refractivity contribution is 5.93. The summed E-state index contributed by atoms with van der Waals surface area (Å²) in [6.07, 6.45) is 4.14. The second-order valence-electron chi connectivity index (χ2n) is 5.98. The Labute approximate surface area is 136 Å². The maximum absolute atomic E-state index is 12.1. The van der Waals surface area contributed by atoms with Gasteiger partial charge in [0.1, 0.15) is 5.69 Å². The van der Waals surface area contributed by atoms with E-state index in [1.54, 1.807) is 6.07 Å². The average molecular weight is 310 g/mol. The second kappa shape index (κ2) is 7.22. The van der Waals surface area contributed by atoms with E-state index in [1.807, 2.05) is 13.0 Å². The number of nitrogens with zero attached hydrogens (tertiary/aromatic N) is 2. The number of rotatable bonds is 7. The molecule has 1 aromatic carbocycles. The van der Waals surface area contributed by atoms with Gasteiger partial charge in [-0.2, -0.15) is 0 Å². The van der Waals surface area contributed by atoms with Gasteiger partial charge in [-0.05, 0) is 44.2 Å². The lowest BCUT2D eigenvalue weighted by Gasteiger charge is -2.08. The number of carbonyl (C=O) groups excluding carboxylic acids is 1. The van der Waals surface area contributed by atoms with Crippen LogP contribution in [0.25, 0.3) is 0 Å². The zero-order chi connectivity index (χ0) is 16.1. The number of carbonyl (C=O) groups is 1. The van der Waals surface area contributed by atoms with Gasteiger partial charge in [0.15, 0.2) is 0 Å². The van der Waals surface area contributed by atoms with Crippen molar-refractivity contribution in [3.05, 3.63) is 53.3 Å². The summed E-state index contributed by atoms with van der Waals surface area (Å²) in [6.45, 7) is 2.66. The first kappa shape index (κ1) is 15.5. The molecule has 1 heterocycles. The molecule has 0 spiro atoms. The topological polar surface area (TPSA) is 66.9 Å². The van der Waals surface area contributed by atoms with Crippen molar-refractivity contribution in [2.75, 3.05) is 11.9 Å². The van der Waals surface area contributed by atoms with Gasteiger partial charge in [-0.25, -0.2) is 9.97 Å². The van der Waals surface area contributed by atoms with Crippen LogP contribution in [0.4, 0.5) is 5.95 Å². The maximum Gasteiger partial charge on any atom is 0.270 e. The van der Waals surface area contributed by atoms with Crippen LogP contribution < -0.4 is 10.6 Å². The molecule has 5 heteroatoms. The molecule has 3 rings (SSSR count). The highest BCUT2D eigenvalue weighted by Gasteiger charge is 2.24. The number of amides is 1. The molecule has 0 aliphatic heterocycles. The van der Waals surface area contributed by atoms with Crippen molar-refractivity contribution in [3.63, 3.8) is 0 Å². The zero-order valence-electron chi connectivity index (χ0n) is 13.4. The van der Waals surface area contributed by atoms with Gasteiger partial charge in [0.2, 0.25) is 5.95 Å². The average Bonchev–Trinajstić information content (AvgIpc) is 3.36. The normalized spacial score (nSPS) is 13.6. The lowest BCUT2D eigenvalue weighted by molar-refractivity contribution is 0.0946. The van der Waals surface area contributed by atoms with Crippen molar-refractivity contribution >= 4 is 11.9 Å². The van der Waals surface area contributed by atoms with Gasteiger partial charge in [0, 0.05) is 18.3 Å². The summed E-state index contributed by atoms with van der Waals surface area (Å²) >= 11 is 0. The third-order valence-corrected chi connectivity index (χ3v) is 3.77. The Bertz CT molecular complexity index is 668. The van der Waals surface area contributed by atoms with Crippen molar-refractivity contribution in [3.8, 4) is 0 Å². The fourth-order valence-corrected chi connectivity index (χ4v) is 2.39. The molecule has 1 aromatic heterocycles. The molecule has 1 amide bonds. The molecule has 1 saturated carbocycles. The van der Waals surface area contributed by atoms with Gasteiger partial charge < -0.3 is 10.6 Å². The van der Waals surface area contributed by atoms with E-state index in [0.717, 1.165) is 37.9 Å². The molecular formula is C18H22N4O. The summed E-state index contributed by atoms with van der Waals surface area (Å²) in [5.74, 6) is 0.421. The van der Waals surface area contributed by atoms with Crippen LogP contribution in [0.15, 0.2) is 36.4 Å². The van der Waals surface area contributed by atoms with Crippen LogP contribution in [-0.4, -0.2) is 28.5 Å². The number of aromatic nitrogens is 2. The summed E-state index contributed by atoms with van der Waals surface area (Å²) in [5.41, 5.74) is 2.56. The molecule has 1 aliphatic carbocycles. The molecule has 0 radical (unpaired) electrons. The van der Waals surface area contributed by atoms with E-state index in [2.05, 4.69) is 44.9 Å².